The molecule has 0 spiro atoms. The van der Waals surface area contributed by atoms with Crippen LogP contribution in [0.4, 0.5) is 0 Å². The zero-order chi connectivity index (χ0) is 10.5. The molecule has 3 heteroatoms. The van der Waals surface area contributed by atoms with E-state index in [1.54, 1.807) is 0 Å². The molecular weight excluding hydrogens is 204 g/mol. The molecule has 0 saturated carbocycles. The van der Waals surface area contributed by atoms with E-state index in [0.717, 1.165) is 12.0 Å². The number of rotatable bonds is 4. The predicted molar refractivity (Wildman–Crippen MR) is 68.6 cm³/mol. The van der Waals surface area contributed by atoms with Crippen molar-refractivity contribution in [1.82, 2.24) is 10.2 Å². The summed E-state index contributed by atoms with van der Waals surface area (Å²) < 4.78 is 0. The zero-order valence-electron chi connectivity index (χ0n) is 9.87. The van der Waals surface area contributed by atoms with E-state index in [2.05, 4.69) is 28.9 Å². The Balaban J connectivity index is 1.80. The fourth-order valence-corrected chi connectivity index (χ4v) is 3.99. The van der Waals surface area contributed by atoms with Gasteiger partial charge in [-0.1, -0.05) is 13.3 Å². The van der Waals surface area contributed by atoms with E-state index in [9.17, 15) is 0 Å². The van der Waals surface area contributed by atoms with Crippen LogP contribution in [0.5, 0.6) is 0 Å². The van der Waals surface area contributed by atoms with Crippen molar-refractivity contribution in [3.8, 4) is 0 Å². The van der Waals surface area contributed by atoms with Gasteiger partial charge in [0.2, 0.25) is 0 Å². The Hall–Kier alpha value is 0.270. The van der Waals surface area contributed by atoms with E-state index in [4.69, 9.17) is 0 Å². The molecule has 2 atom stereocenters. The lowest BCUT2D eigenvalue weighted by Gasteiger charge is -2.37. The third kappa shape index (κ3) is 3.36. The highest BCUT2D eigenvalue weighted by atomic mass is 32.2. The molecule has 0 bridgehead atoms. The van der Waals surface area contributed by atoms with Crippen molar-refractivity contribution in [3.63, 3.8) is 0 Å². The largest absolute Gasteiger partial charge is 0.314 e. The highest BCUT2D eigenvalue weighted by Gasteiger charge is 2.25. The summed E-state index contributed by atoms with van der Waals surface area (Å²) in [7, 11) is 0. The first kappa shape index (κ1) is 11.7. The summed E-state index contributed by atoms with van der Waals surface area (Å²) in [6.07, 6.45) is 4.14. The standard InChI is InChI=1S/C12H24N2S/c1-2-3-12-8-13-5-6-14(12)9-11-4-7-15-10-11/h11-13H,2-10H2,1H3. The van der Waals surface area contributed by atoms with Gasteiger partial charge in [0.25, 0.3) is 0 Å². The van der Waals surface area contributed by atoms with Crippen LogP contribution in [-0.4, -0.2) is 48.6 Å². The van der Waals surface area contributed by atoms with Gasteiger partial charge in [0.1, 0.15) is 0 Å². The maximum atomic E-state index is 3.53. The molecule has 2 unspecified atom stereocenters. The van der Waals surface area contributed by atoms with Crippen molar-refractivity contribution in [2.75, 3.05) is 37.7 Å². The second kappa shape index (κ2) is 6.12. The Morgan fingerprint density at radius 3 is 3.13 bits per heavy atom. The number of nitrogens with one attached hydrogen (secondary N) is 1. The van der Waals surface area contributed by atoms with Crippen molar-refractivity contribution < 1.29 is 0 Å². The van der Waals surface area contributed by atoms with Crippen LogP contribution >= 0.6 is 11.8 Å². The second-order valence-electron chi connectivity index (χ2n) is 4.87. The Bertz CT molecular complexity index is 178. The molecule has 2 rings (SSSR count). The number of nitrogens with zero attached hydrogens (tertiary/aromatic N) is 1. The molecule has 2 fully saturated rings. The molecule has 1 N–H and O–H groups in total. The van der Waals surface area contributed by atoms with E-state index in [1.807, 2.05) is 0 Å². The fourth-order valence-electron chi connectivity index (χ4n) is 2.72. The Labute approximate surface area is 98.2 Å². The minimum Gasteiger partial charge on any atom is -0.314 e. The molecule has 2 aliphatic heterocycles. The summed E-state index contributed by atoms with van der Waals surface area (Å²) in [6, 6.07) is 0.814. The lowest BCUT2D eigenvalue weighted by atomic mass is 10.0. The van der Waals surface area contributed by atoms with Crippen molar-refractivity contribution >= 4 is 11.8 Å². The minimum absolute atomic E-state index is 0.814. The zero-order valence-corrected chi connectivity index (χ0v) is 10.7. The summed E-state index contributed by atoms with van der Waals surface area (Å²) in [4.78, 5) is 2.75. The van der Waals surface area contributed by atoms with Crippen molar-refractivity contribution in [3.05, 3.63) is 0 Å². The van der Waals surface area contributed by atoms with Gasteiger partial charge in [0.15, 0.2) is 0 Å². The SMILES string of the molecule is CCCC1CNCCN1CC1CCSC1. The predicted octanol–water partition coefficient (Wildman–Crippen LogP) is 1.81. The third-order valence-corrected chi connectivity index (χ3v) is 4.84. The number of piperazine rings is 1. The van der Waals surface area contributed by atoms with Gasteiger partial charge in [-0.2, -0.15) is 11.8 Å². The molecule has 0 amide bonds. The van der Waals surface area contributed by atoms with Crippen LogP contribution in [-0.2, 0) is 0 Å². The summed E-state index contributed by atoms with van der Waals surface area (Å²) in [5, 5.41) is 3.53. The lowest BCUT2D eigenvalue weighted by Crippen LogP contribution is -2.52. The Kier molecular flexibility index (Phi) is 4.79. The van der Waals surface area contributed by atoms with Crippen LogP contribution in [0, 0.1) is 5.92 Å². The lowest BCUT2D eigenvalue weighted by molar-refractivity contribution is 0.134. The van der Waals surface area contributed by atoms with Crippen molar-refractivity contribution in [2.45, 2.75) is 32.2 Å². The average Bonchev–Trinajstić information content (AvgIpc) is 2.74. The van der Waals surface area contributed by atoms with Crippen LogP contribution in [0.15, 0.2) is 0 Å². The quantitative estimate of drug-likeness (QED) is 0.790. The molecule has 2 aliphatic rings. The van der Waals surface area contributed by atoms with Gasteiger partial charge in [-0.15, -0.1) is 0 Å². The van der Waals surface area contributed by atoms with E-state index < -0.39 is 0 Å². The summed E-state index contributed by atoms with van der Waals surface area (Å²) >= 11 is 2.14. The van der Waals surface area contributed by atoms with Gasteiger partial charge in [0, 0.05) is 32.2 Å². The molecule has 15 heavy (non-hydrogen) atoms. The molecule has 0 aliphatic carbocycles. The van der Waals surface area contributed by atoms with Gasteiger partial charge < -0.3 is 5.32 Å². The number of hydrogen-bond donors (Lipinski definition) is 1. The highest BCUT2D eigenvalue weighted by molar-refractivity contribution is 7.99. The van der Waals surface area contributed by atoms with Crippen molar-refractivity contribution in [2.24, 2.45) is 5.92 Å². The highest BCUT2D eigenvalue weighted by Crippen LogP contribution is 2.25. The second-order valence-corrected chi connectivity index (χ2v) is 6.02. The Morgan fingerprint density at radius 2 is 2.40 bits per heavy atom. The maximum Gasteiger partial charge on any atom is 0.0221 e. The normalized spacial score (nSPS) is 33.4. The van der Waals surface area contributed by atoms with Crippen molar-refractivity contribution in [1.29, 1.82) is 0 Å². The first-order chi connectivity index (χ1) is 7.40. The van der Waals surface area contributed by atoms with Gasteiger partial charge in [-0.25, -0.2) is 0 Å². The first-order valence-corrected chi connectivity index (χ1v) is 7.58. The topological polar surface area (TPSA) is 15.3 Å². The van der Waals surface area contributed by atoms with Gasteiger partial charge in [-0.3, -0.25) is 4.90 Å². The third-order valence-electron chi connectivity index (χ3n) is 3.61. The van der Waals surface area contributed by atoms with Crippen LogP contribution < -0.4 is 5.32 Å². The molecule has 0 aromatic carbocycles. The molecule has 0 aromatic rings. The summed E-state index contributed by atoms with van der Waals surface area (Å²) in [5.74, 6) is 3.78. The molecule has 0 aromatic heterocycles. The van der Waals surface area contributed by atoms with Crippen LogP contribution in [0.25, 0.3) is 0 Å². The first-order valence-electron chi connectivity index (χ1n) is 6.42. The molecular formula is C12H24N2S. The summed E-state index contributed by atoms with van der Waals surface area (Å²) in [5.41, 5.74) is 0. The fraction of sp³-hybridized carbons (Fsp3) is 1.00. The van der Waals surface area contributed by atoms with Gasteiger partial charge >= 0.3 is 0 Å². The van der Waals surface area contributed by atoms with E-state index in [1.165, 1.54) is 56.9 Å². The molecule has 2 heterocycles. The van der Waals surface area contributed by atoms with Crippen LogP contribution in [0.2, 0.25) is 0 Å². The molecule has 2 saturated heterocycles. The monoisotopic (exact) mass is 228 g/mol. The molecule has 0 radical (unpaired) electrons. The molecule has 2 nitrogen and oxygen atoms in total. The van der Waals surface area contributed by atoms with Gasteiger partial charge in [-0.05, 0) is 30.3 Å². The summed E-state index contributed by atoms with van der Waals surface area (Å²) in [6.45, 7) is 7.34. The Morgan fingerprint density at radius 1 is 1.47 bits per heavy atom. The van der Waals surface area contributed by atoms with E-state index in [0.29, 0.717) is 0 Å². The maximum absolute atomic E-state index is 3.53. The van der Waals surface area contributed by atoms with Gasteiger partial charge in [0.05, 0.1) is 0 Å². The minimum atomic E-state index is 0.814. The van der Waals surface area contributed by atoms with Crippen LogP contribution in [0.3, 0.4) is 0 Å². The smallest absolute Gasteiger partial charge is 0.0221 e. The van der Waals surface area contributed by atoms with E-state index >= 15 is 0 Å². The van der Waals surface area contributed by atoms with E-state index in [-0.39, 0.29) is 0 Å². The number of thioether (sulfide) groups is 1. The average molecular weight is 228 g/mol. The number of hydrogen-bond acceptors (Lipinski definition) is 3. The van der Waals surface area contributed by atoms with Crippen LogP contribution in [0.1, 0.15) is 26.2 Å². The molecule has 88 valence electrons.